The Morgan fingerprint density at radius 2 is 1.69 bits per heavy atom. The topological polar surface area (TPSA) is 116 Å². The smallest absolute Gasteiger partial charge is 0.376 e. The average Bonchev–Trinajstić information content (AvgIpc) is 3.43. The zero-order chi connectivity index (χ0) is 28.5. The lowest BCUT2D eigenvalue weighted by atomic mass is 9.88. The van der Waals surface area contributed by atoms with Crippen LogP contribution in [0, 0.1) is 0 Å². The quantitative estimate of drug-likeness (QED) is 0.255. The van der Waals surface area contributed by atoms with Crippen molar-refractivity contribution in [1.29, 1.82) is 0 Å². The third-order valence-corrected chi connectivity index (χ3v) is 9.16. The van der Waals surface area contributed by atoms with E-state index in [4.69, 9.17) is 0 Å². The molecule has 2 heterocycles. The van der Waals surface area contributed by atoms with Gasteiger partial charge >= 0.3 is 31.2 Å². The summed E-state index contributed by atoms with van der Waals surface area (Å²) in [5, 5.41) is 0. The molecule has 1 aliphatic heterocycles. The molecule has 1 aliphatic carbocycles. The van der Waals surface area contributed by atoms with Gasteiger partial charge in [-0.1, -0.05) is 6.07 Å². The van der Waals surface area contributed by atoms with E-state index in [0.717, 1.165) is 12.1 Å². The Hall–Kier alpha value is -3.34. The van der Waals surface area contributed by atoms with Crippen molar-refractivity contribution in [2.24, 2.45) is 0 Å². The number of rotatable bonds is 4. The molecule has 1 amide bonds. The van der Waals surface area contributed by atoms with Gasteiger partial charge in [0.1, 0.15) is 12.1 Å². The molecule has 39 heavy (non-hydrogen) atoms. The fourth-order valence-electron chi connectivity index (χ4n) is 5.07. The standard InChI is InChI=1S/C22H17F6N3O6S2/c23-21(24,25)38(33,34)31-11-29-17-8-13(4-6-18(17)31)20(32)30-7-1-2-15-16-10-14(5-3-12(16)9-19(15)30)37-39(35,36)22(26,27)28/h3-6,8,10-11,15,19H,1-2,7,9H2/t15-,19+/m0/s1. The second kappa shape index (κ2) is 8.84. The molecule has 1 aromatic heterocycles. The Bertz CT molecular complexity index is 1700. The summed E-state index contributed by atoms with van der Waals surface area (Å²) in [4.78, 5) is 18.7. The van der Waals surface area contributed by atoms with Gasteiger partial charge in [-0.2, -0.15) is 43.2 Å². The predicted molar refractivity (Wildman–Crippen MR) is 123 cm³/mol. The van der Waals surface area contributed by atoms with Crippen molar-refractivity contribution in [2.45, 2.75) is 42.2 Å². The van der Waals surface area contributed by atoms with Gasteiger partial charge in [0.05, 0.1) is 11.0 Å². The molecule has 9 nitrogen and oxygen atoms in total. The van der Waals surface area contributed by atoms with E-state index in [1.807, 2.05) is 0 Å². The van der Waals surface area contributed by atoms with Gasteiger partial charge in [0, 0.05) is 24.1 Å². The van der Waals surface area contributed by atoms with E-state index >= 15 is 0 Å². The predicted octanol–water partition coefficient (Wildman–Crippen LogP) is 3.91. The van der Waals surface area contributed by atoms with Crippen LogP contribution in [-0.4, -0.2) is 60.2 Å². The average molecular weight is 598 g/mol. The summed E-state index contributed by atoms with van der Waals surface area (Å²) in [5.74, 6) is -1.33. The first-order chi connectivity index (χ1) is 18.0. The van der Waals surface area contributed by atoms with Crippen molar-refractivity contribution in [3.8, 4) is 5.75 Å². The number of fused-ring (bicyclic) bond motifs is 4. The van der Waals surface area contributed by atoms with Crippen molar-refractivity contribution in [3.05, 3.63) is 59.4 Å². The van der Waals surface area contributed by atoms with E-state index in [1.165, 1.54) is 29.2 Å². The third-order valence-electron chi connectivity index (χ3n) is 6.79. The maximum Gasteiger partial charge on any atom is 0.534 e. The summed E-state index contributed by atoms with van der Waals surface area (Å²) in [6.07, 6.45) is 1.91. The number of carbonyl (C=O) groups is 1. The molecular weight excluding hydrogens is 580 g/mol. The fourth-order valence-corrected chi connectivity index (χ4v) is 6.33. The van der Waals surface area contributed by atoms with Crippen molar-refractivity contribution >= 4 is 37.1 Å². The largest absolute Gasteiger partial charge is 0.534 e. The first kappa shape index (κ1) is 27.2. The number of alkyl halides is 6. The molecular formula is C22H17F6N3O6S2. The number of likely N-dealkylation sites (tertiary alicyclic amines) is 1. The van der Waals surface area contributed by atoms with Crippen LogP contribution in [0.25, 0.3) is 11.0 Å². The van der Waals surface area contributed by atoms with Crippen LogP contribution < -0.4 is 4.18 Å². The Morgan fingerprint density at radius 3 is 2.36 bits per heavy atom. The molecule has 5 rings (SSSR count). The number of halogens is 6. The van der Waals surface area contributed by atoms with Crippen LogP contribution in [-0.2, 0) is 26.6 Å². The lowest BCUT2D eigenvalue weighted by Crippen LogP contribution is -2.46. The van der Waals surface area contributed by atoms with Crippen molar-refractivity contribution < 1.29 is 52.2 Å². The zero-order valence-corrected chi connectivity index (χ0v) is 21.0. The number of hydrogen-bond donors (Lipinski definition) is 0. The van der Waals surface area contributed by atoms with Gasteiger partial charge in [0.15, 0.2) is 0 Å². The molecule has 17 heteroatoms. The van der Waals surface area contributed by atoms with E-state index in [-0.39, 0.29) is 26.5 Å². The highest BCUT2D eigenvalue weighted by Gasteiger charge is 2.49. The molecule has 0 bridgehead atoms. The number of imidazole rings is 1. The van der Waals surface area contributed by atoms with Gasteiger partial charge in [-0.25, -0.2) is 8.96 Å². The molecule has 1 saturated heterocycles. The van der Waals surface area contributed by atoms with E-state index in [9.17, 15) is 48.0 Å². The molecule has 3 aromatic rings. The zero-order valence-electron chi connectivity index (χ0n) is 19.4. The number of carbonyl (C=O) groups excluding carboxylic acids is 1. The Kier molecular flexibility index (Phi) is 6.17. The van der Waals surface area contributed by atoms with Crippen LogP contribution in [0.1, 0.15) is 40.2 Å². The summed E-state index contributed by atoms with van der Waals surface area (Å²) in [7, 11) is -11.6. The Balaban J connectivity index is 1.41. The van der Waals surface area contributed by atoms with Crippen LogP contribution in [0.3, 0.4) is 0 Å². The van der Waals surface area contributed by atoms with Gasteiger partial charge in [-0.15, -0.1) is 0 Å². The van der Waals surface area contributed by atoms with E-state index < -0.39 is 48.9 Å². The number of amides is 1. The molecule has 0 radical (unpaired) electrons. The van der Waals surface area contributed by atoms with Gasteiger partial charge in [-0.05, 0) is 60.7 Å². The highest BCUT2D eigenvalue weighted by atomic mass is 32.2. The molecule has 2 aromatic carbocycles. The summed E-state index contributed by atoms with van der Waals surface area (Å²) in [6, 6.07) is 6.76. The van der Waals surface area contributed by atoms with Crippen LogP contribution in [0.5, 0.6) is 5.75 Å². The number of benzene rings is 2. The SMILES string of the molecule is O=C(c1ccc2c(c1)ncn2S(=O)(=O)C(F)(F)F)N1CCC[C@H]2c3cc(OS(=O)(=O)C(F)(F)F)ccc3C[C@H]21. The van der Waals surface area contributed by atoms with Gasteiger partial charge in [-0.3, -0.25) is 4.79 Å². The highest BCUT2D eigenvalue weighted by molar-refractivity contribution is 7.91. The lowest BCUT2D eigenvalue weighted by Gasteiger charge is -2.38. The summed E-state index contributed by atoms with van der Waals surface area (Å²) >= 11 is 0. The van der Waals surface area contributed by atoms with Crippen molar-refractivity contribution in [3.63, 3.8) is 0 Å². The Labute approximate surface area is 217 Å². The minimum Gasteiger partial charge on any atom is -0.376 e. The minimum absolute atomic E-state index is 0.0141. The summed E-state index contributed by atoms with van der Waals surface area (Å²) in [5.41, 5.74) is -10.4. The third kappa shape index (κ3) is 4.50. The molecule has 0 spiro atoms. The van der Waals surface area contributed by atoms with Crippen LogP contribution in [0.15, 0.2) is 42.7 Å². The van der Waals surface area contributed by atoms with Crippen LogP contribution in [0.4, 0.5) is 26.3 Å². The molecule has 0 N–H and O–H groups in total. The number of aromatic nitrogens is 2. The first-order valence-corrected chi connectivity index (χ1v) is 14.1. The second-order valence-corrected chi connectivity index (χ2v) is 12.4. The van der Waals surface area contributed by atoms with Crippen LogP contribution >= 0.6 is 0 Å². The molecule has 2 aliphatic rings. The van der Waals surface area contributed by atoms with Crippen molar-refractivity contribution in [2.75, 3.05) is 6.54 Å². The van der Waals surface area contributed by atoms with Gasteiger partial charge in [0.25, 0.3) is 5.91 Å². The number of hydrogen-bond acceptors (Lipinski definition) is 7. The second-order valence-electron chi connectivity index (χ2n) is 9.06. The van der Waals surface area contributed by atoms with E-state index in [1.54, 1.807) is 0 Å². The lowest BCUT2D eigenvalue weighted by molar-refractivity contribution is -0.0500. The summed E-state index contributed by atoms with van der Waals surface area (Å²) < 4.78 is 128. The maximum absolute atomic E-state index is 13.4. The van der Waals surface area contributed by atoms with Crippen molar-refractivity contribution in [1.82, 2.24) is 13.9 Å². The molecule has 1 fully saturated rings. The van der Waals surface area contributed by atoms with E-state index in [0.29, 0.717) is 43.3 Å². The highest BCUT2D eigenvalue weighted by Crippen LogP contribution is 2.44. The molecule has 210 valence electrons. The molecule has 0 unspecified atom stereocenters. The first-order valence-electron chi connectivity index (χ1n) is 11.2. The maximum atomic E-state index is 13.4. The number of piperidine rings is 1. The van der Waals surface area contributed by atoms with Gasteiger partial charge in [0.2, 0.25) is 0 Å². The van der Waals surface area contributed by atoms with Gasteiger partial charge < -0.3 is 9.08 Å². The number of nitrogens with zero attached hydrogens (tertiary/aromatic N) is 3. The normalized spacial score (nSPS) is 20.1. The monoisotopic (exact) mass is 597 g/mol. The van der Waals surface area contributed by atoms with E-state index in [2.05, 4.69) is 9.17 Å². The van der Waals surface area contributed by atoms with Crippen LogP contribution in [0.2, 0.25) is 0 Å². The summed E-state index contributed by atoms with van der Waals surface area (Å²) in [6.45, 7) is 0.314. The minimum atomic E-state index is -5.86. The fraction of sp³-hybridized carbons (Fsp3) is 0.364. The molecule has 0 saturated carbocycles. The molecule has 2 atom stereocenters. The Morgan fingerprint density at radius 1 is 0.974 bits per heavy atom.